The van der Waals surface area contributed by atoms with Gasteiger partial charge in [-0.1, -0.05) is 22.6 Å². The zero-order valence-corrected chi connectivity index (χ0v) is 11.3. The van der Waals surface area contributed by atoms with Gasteiger partial charge in [0.05, 0.1) is 10.4 Å². The lowest BCUT2D eigenvalue weighted by Crippen LogP contribution is -2.39. The summed E-state index contributed by atoms with van der Waals surface area (Å²) in [5.74, 6) is 0. The zero-order valence-electron chi connectivity index (χ0n) is 9.14. The number of nitrogens with zero attached hydrogens (tertiary/aromatic N) is 4. The molecule has 7 heteroatoms. The van der Waals surface area contributed by atoms with Gasteiger partial charge in [0.15, 0.2) is 11.2 Å². The van der Waals surface area contributed by atoms with Crippen LogP contribution in [0.25, 0.3) is 11.2 Å². The Bertz CT molecular complexity index is 664. The van der Waals surface area contributed by atoms with Crippen molar-refractivity contribution in [2.75, 3.05) is 0 Å². The minimum absolute atomic E-state index is 0.192. The van der Waals surface area contributed by atoms with Gasteiger partial charge < -0.3 is 4.57 Å². The molecule has 0 spiro atoms. The summed E-state index contributed by atoms with van der Waals surface area (Å²) < 4.78 is 4.06. The minimum Gasteiger partial charge on any atom is -0.328 e. The number of halogens is 1. The van der Waals surface area contributed by atoms with Crippen LogP contribution in [-0.4, -0.2) is 18.7 Å². The number of alkyl halides is 1. The van der Waals surface area contributed by atoms with E-state index in [0.717, 1.165) is 0 Å². The molecule has 0 radical (unpaired) electrons. The summed E-state index contributed by atoms with van der Waals surface area (Å²) in [7, 11) is 3.36. The van der Waals surface area contributed by atoms with Gasteiger partial charge in [-0.15, -0.1) is 0 Å². The van der Waals surface area contributed by atoms with Crippen molar-refractivity contribution in [3.8, 4) is 0 Å². The van der Waals surface area contributed by atoms with Crippen molar-refractivity contribution in [3.63, 3.8) is 0 Å². The van der Waals surface area contributed by atoms with E-state index in [1.54, 1.807) is 25.6 Å². The van der Waals surface area contributed by atoms with Gasteiger partial charge in [0.25, 0.3) is 5.56 Å². The molecule has 0 N–H and O–H groups in total. The molecule has 16 heavy (non-hydrogen) atoms. The van der Waals surface area contributed by atoms with Crippen LogP contribution in [0.5, 0.6) is 0 Å². The molecule has 2 rings (SSSR count). The fourth-order valence-electron chi connectivity index (χ4n) is 1.68. The molecule has 0 bridgehead atoms. The fourth-order valence-corrected chi connectivity index (χ4v) is 2.17. The lowest BCUT2D eigenvalue weighted by Gasteiger charge is -2.09. The summed E-state index contributed by atoms with van der Waals surface area (Å²) in [6.45, 7) is 1.80. The predicted octanol–water partition coefficient (Wildman–Crippen LogP) is 0.387. The second-order valence-electron chi connectivity index (χ2n) is 3.62. The number of hydrogen-bond acceptors (Lipinski definition) is 3. The maximum Gasteiger partial charge on any atom is 0.333 e. The molecule has 0 aliphatic heterocycles. The van der Waals surface area contributed by atoms with Crippen LogP contribution in [0.4, 0.5) is 0 Å². The summed E-state index contributed by atoms with van der Waals surface area (Å²) in [4.78, 5) is 28.1. The maximum atomic E-state index is 12.1. The molecular weight excluding hydrogens is 323 g/mol. The SMILES string of the molecule is CC(I)n1c(=O)c2c(ncn2C)n(C)c1=O. The average molecular weight is 334 g/mol. The molecule has 6 nitrogen and oxygen atoms in total. The van der Waals surface area contributed by atoms with Gasteiger partial charge in [0.1, 0.15) is 0 Å². The third kappa shape index (κ3) is 1.41. The van der Waals surface area contributed by atoms with E-state index in [9.17, 15) is 9.59 Å². The standard InChI is InChI=1S/C9H11IN4O2/c1-5(10)14-8(15)6-7(11-4-12(6)2)13(3)9(14)16/h4-5H,1-3H3. The third-order valence-corrected chi connectivity index (χ3v) is 3.06. The molecule has 0 aliphatic carbocycles. The first-order valence-corrected chi connectivity index (χ1v) is 5.96. The van der Waals surface area contributed by atoms with Crippen molar-refractivity contribution in [1.29, 1.82) is 0 Å². The average Bonchev–Trinajstić information content (AvgIpc) is 2.57. The molecule has 86 valence electrons. The summed E-state index contributed by atoms with van der Waals surface area (Å²) in [6, 6.07) is 0. The van der Waals surface area contributed by atoms with E-state index in [0.29, 0.717) is 11.2 Å². The highest BCUT2D eigenvalue weighted by Crippen LogP contribution is 2.11. The fraction of sp³-hybridized carbons (Fsp3) is 0.444. The van der Waals surface area contributed by atoms with E-state index in [4.69, 9.17) is 0 Å². The smallest absolute Gasteiger partial charge is 0.328 e. The van der Waals surface area contributed by atoms with Gasteiger partial charge in [-0.25, -0.2) is 14.3 Å². The van der Waals surface area contributed by atoms with Crippen molar-refractivity contribution >= 4 is 33.8 Å². The summed E-state index contributed by atoms with van der Waals surface area (Å²) in [5, 5.41) is 0. The molecule has 0 saturated heterocycles. The monoisotopic (exact) mass is 334 g/mol. The first-order valence-electron chi connectivity index (χ1n) is 4.71. The van der Waals surface area contributed by atoms with E-state index in [-0.39, 0.29) is 15.3 Å². The number of rotatable bonds is 1. The van der Waals surface area contributed by atoms with Gasteiger partial charge in [0, 0.05) is 14.1 Å². The number of fused-ring (bicyclic) bond motifs is 1. The largest absolute Gasteiger partial charge is 0.333 e. The Balaban J connectivity index is 3.10. The molecule has 2 aromatic heterocycles. The van der Waals surface area contributed by atoms with E-state index in [2.05, 4.69) is 4.98 Å². The van der Waals surface area contributed by atoms with Crippen LogP contribution in [-0.2, 0) is 14.1 Å². The van der Waals surface area contributed by atoms with Crippen LogP contribution in [0.2, 0.25) is 0 Å². The molecule has 0 aliphatic rings. The van der Waals surface area contributed by atoms with E-state index in [1.807, 2.05) is 22.6 Å². The highest BCUT2D eigenvalue weighted by atomic mass is 127. The van der Waals surface area contributed by atoms with Crippen LogP contribution in [0, 0.1) is 0 Å². The lowest BCUT2D eigenvalue weighted by atomic mass is 10.5. The molecule has 0 fully saturated rings. The quantitative estimate of drug-likeness (QED) is 0.560. The second kappa shape index (κ2) is 3.72. The Morgan fingerprint density at radius 2 is 2.00 bits per heavy atom. The zero-order chi connectivity index (χ0) is 12.0. The molecular formula is C9H11IN4O2. The Morgan fingerprint density at radius 1 is 1.38 bits per heavy atom. The highest BCUT2D eigenvalue weighted by Gasteiger charge is 2.16. The van der Waals surface area contributed by atoms with Crippen LogP contribution in [0.1, 0.15) is 11.0 Å². The first-order chi connectivity index (χ1) is 7.45. The van der Waals surface area contributed by atoms with E-state index >= 15 is 0 Å². The van der Waals surface area contributed by atoms with Crippen LogP contribution in [0.15, 0.2) is 15.9 Å². The van der Waals surface area contributed by atoms with Crippen molar-refractivity contribution in [3.05, 3.63) is 27.2 Å². The van der Waals surface area contributed by atoms with Crippen LogP contribution < -0.4 is 11.2 Å². The predicted molar refractivity (Wildman–Crippen MR) is 68.9 cm³/mol. The van der Waals surface area contributed by atoms with E-state index < -0.39 is 0 Å². The maximum absolute atomic E-state index is 12.1. The first kappa shape index (κ1) is 11.4. The van der Waals surface area contributed by atoms with Crippen molar-refractivity contribution in [1.82, 2.24) is 18.7 Å². The normalized spacial score (nSPS) is 13.2. The summed E-state index contributed by atoms with van der Waals surface area (Å²) in [5.41, 5.74) is 0.245. The Hall–Kier alpha value is -1.12. The topological polar surface area (TPSA) is 61.8 Å². The Kier molecular flexibility index (Phi) is 2.64. The number of aryl methyl sites for hydroxylation is 2. The molecule has 0 saturated carbocycles. The summed E-state index contributed by atoms with van der Waals surface area (Å²) >= 11 is 2.04. The Labute approximate surface area is 105 Å². The molecule has 2 heterocycles. The second-order valence-corrected chi connectivity index (χ2v) is 5.42. The number of hydrogen-bond donors (Lipinski definition) is 0. The molecule has 1 unspecified atom stereocenters. The van der Waals surface area contributed by atoms with Gasteiger partial charge in [-0.2, -0.15) is 0 Å². The Morgan fingerprint density at radius 3 is 2.56 bits per heavy atom. The van der Waals surface area contributed by atoms with Crippen molar-refractivity contribution in [2.45, 2.75) is 11.0 Å². The summed E-state index contributed by atoms with van der Waals surface area (Å²) in [6.07, 6.45) is 1.54. The minimum atomic E-state index is -0.335. The van der Waals surface area contributed by atoms with Crippen molar-refractivity contribution in [2.24, 2.45) is 14.1 Å². The number of aromatic nitrogens is 4. The van der Waals surface area contributed by atoms with Gasteiger partial charge in [-0.05, 0) is 6.92 Å². The van der Waals surface area contributed by atoms with Gasteiger partial charge in [0.2, 0.25) is 0 Å². The molecule has 0 amide bonds. The highest BCUT2D eigenvalue weighted by molar-refractivity contribution is 14.1. The van der Waals surface area contributed by atoms with Crippen LogP contribution >= 0.6 is 22.6 Å². The van der Waals surface area contributed by atoms with Crippen molar-refractivity contribution < 1.29 is 0 Å². The van der Waals surface area contributed by atoms with E-state index in [1.165, 1.54) is 15.5 Å². The molecule has 0 aromatic carbocycles. The van der Waals surface area contributed by atoms with Gasteiger partial charge in [-0.3, -0.25) is 9.36 Å². The lowest BCUT2D eigenvalue weighted by molar-refractivity contribution is 0.639. The van der Waals surface area contributed by atoms with Crippen LogP contribution in [0.3, 0.4) is 0 Å². The third-order valence-electron chi connectivity index (χ3n) is 2.51. The van der Waals surface area contributed by atoms with Gasteiger partial charge >= 0.3 is 5.69 Å². The number of imidazole rings is 1. The molecule has 1 atom stereocenters. The molecule has 2 aromatic rings.